The summed E-state index contributed by atoms with van der Waals surface area (Å²) in [6, 6.07) is 0.481. The van der Waals surface area contributed by atoms with E-state index in [4.69, 9.17) is 9.47 Å². The molecule has 4 unspecified atom stereocenters. The molecule has 3 aliphatic rings. The summed E-state index contributed by atoms with van der Waals surface area (Å²) >= 11 is 0. The zero-order valence-electron chi connectivity index (χ0n) is 13.3. The molecule has 22 heavy (non-hydrogen) atoms. The second-order valence-electron chi connectivity index (χ2n) is 6.77. The van der Waals surface area contributed by atoms with Gasteiger partial charge in [-0.05, 0) is 38.8 Å². The molecule has 0 aromatic heterocycles. The van der Waals surface area contributed by atoms with Crippen molar-refractivity contribution in [2.24, 2.45) is 0 Å². The minimum Gasteiger partial charge on any atom is -0.394 e. The van der Waals surface area contributed by atoms with Crippen LogP contribution in [0.25, 0.3) is 0 Å². The first-order valence-electron chi connectivity index (χ1n) is 8.79. The van der Waals surface area contributed by atoms with Crippen LogP contribution in [-0.4, -0.2) is 85.0 Å². The van der Waals surface area contributed by atoms with Crippen molar-refractivity contribution in [2.45, 2.75) is 62.5 Å². The Balaban J connectivity index is 1.58. The predicted molar refractivity (Wildman–Crippen MR) is 82.8 cm³/mol. The number of nitrogens with one attached hydrogen (secondary N) is 1. The molecule has 0 radical (unpaired) electrons. The second kappa shape index (κ2) is 8.04. The third-order valence-electron chi connectivity index (χ3n) is 5.28. The van der Waals surface area contributed by atoms with Crippen molar-refractivity contribution in [3.05, 3.63) is 0 Å². The Morgan fingerprint density at radius 3 is 2.45 bits per heavy atom. The third kappa shape index (κ3) is 3.80. The first kappa shape index (κ1) is 16.6. The first-order valence-corrected chi connectivity index (χ1v) is 8.79. The number of likely N-dealkylation sites (tertiary alicyclic amines) is 1. The Kier molecular flexibility index (Phi) is 6.07. The average molecular weight is 314 g/mol. The van der Waals surface area contributed by atoms with E-state index in [1.807, 2.05) is 0 Å². The van der Waals surface area contributed by atoms with Crippen molar-refractivity contribution in [2.75, 3.05) is 39.5 Å². The highest BCUT2D eigenvalue weighted by atomic mass is 16.5. The zero-order chi connectivity index (χ0) is 15.4. The van der Waals surface area contributed by atoms with E-state index >= 15 is 0 Å². The van der Waals surface area contributed by atoms with Crippen molar-refractivity contribution in [3.8, 4) is 0 Å². The van der Waals surface area contributed by atoms with Gasteiger partial charge in [0.05, 0.1) is 18.8 Å². The fraction of sp³-hybridized carbons (Fsp3) is 1.00. The summed E-state index contributed by atoms with van der Waals surface area (Å²) in [4.78, 5) is 2.36. The van der Waals surface area contributed by atoms with Gasteiger partial charge in [-0.3, -0.25) is 4.90 Å². The van der Waals surface area contributed by atoms with Crippen molar-refractivity contribution < 1.29 is 19.7 Å². The Morgan fingerprint density at radius 2 is 1.77 bits per heavy atom. The van der Waals surface area contributed by atoms with Crippen molar-refractivity contribution in [3.63, 3.8) is 0 Å². The van der Waals surface area contributed by atoms with Crippen LogP contribution in [0, 0.1) is 0 Å². The molecule has 3 heterocycles. The van der Waals surface area contributed by atoms with Crippen molar-refractivity contribution in [1.29, 1.82) is 0 Å². The highest BCUT2D eigenvalue weighted by Crippen LogP contribution is 2.28. The predicted octanol–water partition coefficient (Wildman–Crippen LogP) is -0.270. The van der Waals surface area contributed by atoms with Crippen LogP contribution in [0.1, 0.15) is 32.1 Å². The number of aliphatic hydroxyl groups is 2. The SMILES string of the molecule is OCC1OC(CNC2CCOCC2)C(N2CCCCC2)C1O. The topological polar surface area (TPSA) is 74.2 Å². The molecule has 0 aromatic rings. The minimum absolute atomic E-state index is 0.00444. The number of hydrogen-bond donors (Lipinski definition) is 3. The summed E-state index contributed by atoms with van der Waals surface area (Å²) in [5, 5.41) is 23.6. The fourth-order valence-corrected chi connectivity index (χ4v) is 4.00. The van der Waals surface area contributed by atoms with E-state index in [1.54, 1.807) is 0 Å². The smallest absolute Gasteiger partial charge is 0.109 e. The van der Waals surface area contributed by atoms with Crippen LogP contribution in [-0.2, 0) is 9.47 Å². The maximum Gasteiger partial charge on any atom is 0.109 e. The van der Waals surface area contributed by atoms with E-state index in [1.165, 1.54) is 19.3 Å². The number of rotatable bonds is 5. The lowest BCUT2D eigenvalue weighted by Crippen LogP contribution is -2.53. The largest absolute Gasteiger partial charge is 0.394 e. The van der Waals surface area contributed by atoms with Crippen LogP contribution < -0.4 is 5.32 Å². The molecule has 0 saturated carbocycles. The van der Waals surface area contributed by atoms with Gasteiger partial charge in [0.15, 0.2) is 0 Å². The molecular weight excluding hydrogens is 284 g/mol. The van der Waals surface area contributed by atoms with Gasteiger partial charge in [0, 0.05) is 25.8 Å². The van der Waals surface area contributed by atoms with Crippen LogP contribution in [0.2, 0.25) is 0 Å². The molecule has 6 heteroatoms. The van der Waals surface area contributed by atoms with Crippen LogP contribution in [0.5, 0.6) is 0 Å². The normalized spacial score (nSPS) is 38.5. The minimum atomic E-state index is -0.593. The summed E-state index contributed by atoms with van der Waals surface area (Å²) in [7, 11) is 0. The maximum atomic E-state index is 10.5. The van der Waals surface area contributed by atoms with Gasteiger partial charge in [0.25, 0.3) is 0 Å². The standard InChI is InChI=1S/C16H30N2O4/c19-11-14-16(20)15(18-6-2-1-3-7-18)13(22-14)10-17-12-4-8-21-9-5-12/h12-17,19-20H,1-11H2. The van der Waals surface area contributed by atoms with Crippen LogP contribution in [0.3, 0.4) is 0 Å². The van der Waals surface area contributed by atoms with Crippen LogP contribution >= 0.6 is 0 Å². The van der Waals surface area contributed by atoms with Gasteiger partial charge in [-0.15, -0.1) is 0 Å². The van der Waals surface area contributed by atoms with Crippen molar-refractivity contribution in [1.82, 2.24) is 10.2 Å². The second-order valence-corrected chi connectivity index (χ2v) is 6.77. The molecular formula is C16H30N2O4. The summed E-state index contributed by atoms with van der Waals surface area (Å²) in [5.74, 6) is 0. The van der Waals surface area contributed by atoms with Gasteiger partial charge < -0.3 is 25.0 Å². The molecule has 3 fully saturated rings. The number of nitrogens with zero attached hydrogens (tertiary/aromatic N) is 1. The van der Waals surface area contributed by atoms with E-state index in [2.05, 4.69) is 10.2 Å². The van der Waals surface area contributed by atoms with E-state index < -0.39 is 12.2 Å². The highest BCUT2D eigenvalue weighted by molar-refractivity contribution is 4.98. The molecule has 6 nitrogen and oxygen atoms in total. The number of ether oxygens (including phenoxy) is 2. The van der Waals surface area contributed by atoms with E-state index in [0.717, 1.165) is 45.7 Å². The lowest BCUT2D eigenvalue weighted by atomic mass is 9.99. The van der Waals surface area contributed by atoms with Gasteiger partial charge in [0.2, 0.25) is 0 Å². The molecule has 3 N–H and O–H groups in total. The lowest BCUT2D eigenvalue weighted by molar-refractivity contribution is -0.0229. The first-order chi connectivity index (χ1) is 10.8. The van der Waals surface area contributed by atoms with Gasteiger partial charge in [-0.25, -0.2) is 0 Å². The fourth-order valence-electron chi connectivity index (χ4n) is 4.00. The van der Waals surface area contributed by atoms with E-state index in [0.29, 0.717) is 6.04 Å². The molecule has 0 aliphatic carbocycles. The molecule has 0 spiro atoms. The Hall–Kier alpha value is -0.240. The van der Waals surface area contributed by atoms with Gasteiger partial charge in [-0.2, -0.15) is 0 Å². The quantitative estimate of drug-likeness (QED) is 0.649. The molecule has 4 atom stereocenters. The van der Waals surface area contributed by atoms with Gasteiger partial charge in [-0.1, -0.05) is 6.42 Å². The maximum absolute atomic E-state index is 10.5. The number of aliphatic hydroxyl groups excluding tert-OH is 2. The molecule has 128 valence electrons. The zero-order valence-corrected chi connectivity index (χ0v) is 13.3. The lowest BCUT2D eigenvalue weighted by Gasteiger charge is -2.36. The van der Waals surface area contributed by atoms with Gasteiger partial charge in [0.1, 0.15) is 12.2 Å². The van der Waals surface area contributed by atoms with Gasteiger partial charge >= 0.3 is 0 Å². The number of hydrogen-bond acceptors (Lipinski definition) is 6. The summed E-state index contributed by atoms with van der Waals surface area (Å²) in [5.41, 5.74) is 0. The van der Waals surface area contributed by atoms with E-state index in [9.17, 15) is 10.2 Å². The average Bonchev–Trinajstić information content (AvgIpc) is 2.90. The molecule has 3 saturated heterocycles. The Morgan fingerprint density at radius 1 is 1.05 bits per heavy atom. The summed E-state index contributed by atoms with van der Waals surface area (Å²) in [6.45, 7) is 4.31. The summed E-state index contributed by atoms with van der Waals surface area (Å²) in [6.07, 6.45) is 4.63. The molecule has 0 aromatic carbocycles. The van der Waals surface area contributed by atoms with E-state index in [-0.39, 0.29) is 18.8 Å². The number of piperidine rings is 1. The molecule has 3 rings (SSSR count). The third-order valence-corrected chi connectivity index (χ3v) is 5.28. The summed E-state index contributed by atoms with van der Waals surface area (Å²) < 4.78 is 11.3. The molecule has 0 bridgehead atoms. The van der Waals surface area contributed by atoms with Crippen LogP contribution in [0.15, 0.2) is 0 Å². The Bertz CT molecular complexity index is 332. The molecule has 0 amide bonds. The van der Waals surface area contributed by atoms with Crippen molar-refractivity contribution >= 4 is 0 Å². The highest BCUT2D eigenvalue weighted by Gasteiger charge is 2.46. The Labute approximate surface area is 132 Å². The monoisotopic (exact) mass is 314 g/mol. The molecule has 3 aliphatic heterocycles. The van der Waals surface area contributed by atoms with Crippen LogP contribution in [0.4, 0.5) is 0 Å².